The molecular weight excluding hydrogens is 554 g/mol. The lowest BCUT2D eigenvalue weighted by Gasteiger charge is -2.15. The molecule has 33 heavy (non-hydrogen) atoms. The number of aromatic nitrogens is 1. The first-order valence-corrected chi connectivity index (χ1v) is 12.5. The van der Waals surface area contributed by atoms with E-state index in [9.17, 15) is 20.2 Å². The zero-order chi connectivity index (χ0) is 24.0. The van der Waals surface area contributed by atoms with Gasteiger partial charge < -0.3 is 4.57 Å². The smallest absolute Gasteiger partial charge is 0.279 e. The van der Waals surface area contributed by atoms with Gasteiger partial charge in [0.05, 0.1) is 32.4 Å². The summed E-state index contributed by atoms with van der Waals surface area (Å²) in [6, 6.07) is 13.6. The van der Waals surface area contributed by atoms with Crippen molar-refractivity contribution < 1.29 is 9.85 Å². The molecule has 0 bridgehead atoms. The van der Waals surface area contributed by atoms with E-state index in [0.29, 0.717) is 38.0 Å². The lowest BCUT2D eigenvalue weighted by atomic mass is 10.1. The summed E-state index contributed by atoms with van der Waals surface area (Å²) in [7, 11) is 0. The Labute approximate surface area is 209 Å². The highest BCUT2D eigenvalue weighted by Crippen LogP contribution is 2.39. The van der Waals surface area contributed by atoms with Crippen LogP contribution in [0.1, 0.15) is 45.4 Å². The van der Waals surface area contributed by atoms with E-state index in [4.69, 9.17) is 0 Å². The molecule has 1 heterocycles. The van der Waals surface area contributed by atoms with Crippen LogP contribution in [-0.4, -0.2) is 14.4 Å². The molecule has 0 aliphatic heterocycles. The number of nitro benzene ring substituents is 2. The van der Waals surface area contributed by atoms with Crippen LogP contribution >= 0.6 is 31.9 Å². The quantitative estimate of drug-likeness (QED) is 0.129. The standard InChI is InChI=1S/C24H25Br2N3O4/c1-2-3-4-5-6-7-14-27-21(19-10-8-17(25)15-23(19)28(30)31)12-13-22(27)20-11-9-18(26)16-24(20)29(32)33/h8-13,15-16H,2-7,14H2,1H3. The Morgan fingerprint density at radius 3 is 1.64 bits per heavy atom. The number of halogens is 2. The third kappa shape index (κ3) is 6.09. The summed E-state index contributed by atoms with van der Waals surface area (Å²) in [4.78, 5) is 22.7. The first kappa shape index (κ1) is 25.1. The summed E-state index contributed by atoms with van der Waals surface area (Å²) in [5, 5.41) is 23.5. The van der Waals surface area contributed by atoms with E-state index in [1.54, 1.807) is 24.3 Å². The molecular formula is C24H25Br2N3O4. The van der Waals surface area contributed by atoms with Crippen LogP contribution in [0.15, 0.2) is 57.5 Å². The summed E-state index contributed by atoms with van der Waals surface area (Å²) in [5.41, 5.74) is 2.30. The van der Waals surface area contributed by atoms with Crippen molar-refractivity contribution in [2.24, 2.45) is 0 Å². The van der Waals surface area contributed by atoms with E-state index in [-0.39, 0.29) is 11.4 Å². The number of nitro groups is 2. The molecule has 1 aromatic heterocycles. The summed E-state index contributed by atoms with van der Waals surface area (Å²) >= 11 is 6.62. The van der Waals surface area contributed by atoms with Gasteiger partial charge in [-0.25, -0.2) is 0 Å². The van der Waals surface area contributed by atoms with Gasteiger partial charge in [0, 0.05) is 27.6 Å². The second-order valence-corrected chi connectivity index (χ2v) is 9.69. The average Bonchev–Trinajstić information content (AvgIpc) is 3.19. The number of hydrogen-bond donors (Lipinski definition) is 0. The van der Waals surface area contributed by atoms with Gasteiger partial charge in [0.25, 0.3) is 11.4 Å². The fourth-order valence-electron chi connectivity index (χ4n) is 3.97. The van der Waals surface area contributed by atoms with E-state index in [1.165, 1.54) is 31.4 Å². The topological polar surface area (TPSA) is 91.2 Å². The third-order valence-electron chi connectivity index (χ3n) is 5.58. The van der Waals surface area contributed by atoms with Crippen LogP contribution in [0.25, 0.3) is 22.5 Å². The van der Waals surface area contributed by atoms with Gasteiger partial charge in [-0.3, -0.25) is 20.2 Å². The predicted molar refractivity (Wildman–Crippen MR) is 137 cm³/mol. The molecule has 0 N–H and O–H groups in total. The molecule has 0 aliphatic carbocycles. The molecule has 174 valence electrons. The average molecular weight is 579 g/mol. The number of nitrogens with zero attached hydrogens (tertiary/aromatic N) is 3. The molecule has 0 unspecified atom stereocenters. The first-order chi connectivity index (χ1) is 15.8. The van der Waals surface area contributed by atoms with Crippen molar-refractivity contribution in [3.05, 3.63) is 77.7 Å². The minimum Gasteiger partial charge on any atom is -0.340 e. The van der Waals surface area contributed by atoms with Gasteiger partial charge in [-0.1, -0.05) is 70.9 Å². The van der Waals surface area contributed by atoms with Gasteiger partial charge in [-0.15, -0.1) is 0 Å². The maximum absolute atomic E-state index is 11.8. The van der Waals surface area contributed by atoms with E-state index in [0.717, 1.165) is 19.3 Å². The van der Waals surface area contributed by atoms with Crippen molar-refractivity contribution in [3.63, 3.8) is 0 Å². The Morgan fingerprint density at radius 2 is 1.18 bits per heavy atom. The molecule has 0 fully saturated rings. The number of benzene rings is 2. The summed E-state index contributed by atoms with van der Waals surface area (Å²) in [6.07, 6.45) is 6.59. The van der Waals surface area contributed by atoms with Gasteiger partial charge in [0.2, 0.25) is 0 Å². The van der Waals surface area contributed by atoms with Gasteiger partial charge in [0.1, 0.15) is 0 Å². The molecule has 3 aromatic rings. The highest BCUT2D eigenvalue weighted by Gasteiger charge is 2.24. The van der Waals surface area contributed by atoms with Crippen molar-refractivity contribution in [2.75, 3.05) is 0 Å². The van der Waals surface area contributed by atoms with E-state index < -0.39 is 9.85 Å². The van der Waals surface area contributed by atoms with Gasteiger partial charge in [0.15, 0.2) is 0 Å². The minimum absolute atomic E-state index is 0.0106. The highest BCUT2D eigenvalue weighted by atomic mass is 79.9. The molecule has 0 aliphatic rings. The number of hydrogen-bond acceptors (Lipinski definition) is 4. The van der Waals surface area contributed by atoms with Gasteiger partial charge in [-0.2, -0.15) is 0 Å². The van der Waals surface area contributed by atoms with Crippen molar-refractivity contribution in [1.29, 1.82) is 0 Å². The minimum atomic E-state index is -0.399. The maximum atomic E-state index is 11.8. The Bertz CT molecular complexity index is 1080. The molecule has 0 amide bonds. The van der Waals surface area contributed by atoms with Gasteiger partial charge in [-0.05, 0) is 42.8 Å². The van der Waals surface area contributed by atoms with Crippen molar-refractivity contribution in [2.45, 2.75) is 52.0 Å². The summed E-state index contributed by atoms with van der Waals surface area (Å²) in [5.74, 6) is 0. The lowest BCUT2D eigenvalue weighted by molar-refractivity contribution is -0.384. The molecule has 0 atom stereocenters. The Kier molecular flexibility index (Phi) is 8.80. The monoisotopic (exact) mass is 577 g/mol. The van der Waals surface area contributed by atoms with E-state index >= 15 is 0 Å². The van der Waals surface area contributed by atoms with E-state index in [2.05, 4.69) is 38.8 Å². The Hall–Kier alpha value is -2.52. The van der Waals surface area contributed by atoms with E-state index in [1.807, 2.05) is 16.7 Å². The molecule has 9 heteroatoms. The normalized spacial score (nSPS) is 11.0. The van der Waals surface area contributed by atoms with Gasteiger partial charge >= 0.3 is 0 Å². The second kappa shape index (κ2) is 11.6. The SMILES string of the molecule is CCCCCCCCn1c(-c2ccc(Br)cc2[N+](=O)[O-])ccc1-c1ccc(Br)cc1[N+](=O)[O-]. The molecule has 3 rings (SSSR count). The van der Waals surface area contributed by atoms with Crippen LogP contribution in [0, 0.1) is 20.2 Å². The Balaban J connectivity index is 2.08. The molecule has 0 saturated carbocycles. The maximum Gasteiger partial charge on any atom is 0.279 e. The van der Waals surface area contributed by atoms with Crippen LogP contribution < -0.4 is 0 Å². The fourth-order valence-corrected chi connectivity index (χ4v) is 4.67. The molecule has 0 radical (unpaired) electrons. The molecule has 0 spiro atoms. The lowest BCUT2D eigenvalue weighted by Crippen LogP contribution is -2.05. The third-order valence-corrected chi connectivity index (χ3v) is 6.57. The zero-order valence-electron chi connectivity index (χ0n) is 18.3. The molecule has 0 saturated heterocycles. The van der Waals surface area contributed by atoms with Crippen molar-refractivity contribution in [1.82, 2.24) is 4.57 Å². The number of unbranched alkanes of at least 4 members (excludes halogenated alkanes) is 5. The zero-order valence-corrected chi connectivity index (χ0v) is 21.5. The highest BCUT2D eigenvalue weighted by molar-refractivity contribution is 9.10. The second-order valence-electron chi connectivity index (χ2n) is 7.86. The van der Waals surface area contributed by atoms with Crippen LogP contribution in [0.3, 0.4) is 0 Å². The first-order valence-electron chi connectivity index (χ1n) is 10.9. The summed E-state index contributed by atoms with van der Waals surface area (Å²) < 4.78 is 3.22. The van der Waals surface area contributed by atoms with Crippen LogP contribution in [0.4, 0.5) is 11.4 Å². The van der Waals surface area contributed by atoms with Crippen molar-refractivity contribution in [3.8, 4) is 22.5 Å². The predicted octanol–water partition coefficient (Wildman–Crippen LogP) is 8.52. The number of rotatable bonds is 11. The molecule has 7 nitrogen and oxygen atoms in total. The largest absolute Gasteiger partial charge is 0.340 e. The Morgan fingerprint density at radius 1 is 0.727 bits per heavy atom. The van der Waals surface area contributed by atoms with Crippen molar-refractivity contribution >= 4 is 43.2 Å². The molecule has 2 aromatic carbocycles. The van der Waals surface area contributed by atoms with Crippen LogP contribution in [0.5, 0.6) is 0 Å². The summed E-state index contributed by atoms with van der Waals surface area (Å²) in [6.45, 7) is 2.79. The van der Waals surface area contributed by atoms with Crippen LogP contribution in [-0.2, 0) is 6.54 Å². The van der Waals surface area contributed by atoms with Crippen LogP contribution in [0.2, 0.25) is 0 Å². The fraction of sp³-hybridized carbons (Fsp3) is 0.333.